The highest BCUT2D eigenvalue weighted by molar-refractivity contribution is 5.81. The Morgan fingerprint density at radius 3 is 2.76 bits per heavy atom. The normalized spacial score (nSPS) is 23.8. The third-order valence-corrected chi connectivity index (χ3v) is 2.89. The van der Waals surface area contributed by atoms with E-state index < -0.39 is 0 Å². The fourth-order valence-electron chi connectivity index (χ4n) is 1.98. The summed E-state index contributed by atoms with van der Waals surface area (Å²) in [5, 5.41) is 0. The number of carbonyl (C=O) groups is 1. The molecule has 0 N–H and O–H groups in total. The second-order valence-corrected chi connectivity index (χ2v) is 4.30. The molecule has 2 rings (SSSR count). The number of benzene rings is 1. The molecule has 2 unspecified atom stereocenters. The number of hydrogen-bond acceptors (Lipinski definition) is 3. The van der Waals surface area contributed by atoms with Crippen LogP contribution < -0.4 is 0 Å². The third kappa shape index (κ3) is 2.74. The highest BCUT2D eigenvalue weighted by Crippen LogP contribution is 2.43. The van der Waals surface area contributed by atoms with E-state index in [9.17, 15) is 4.79 Å². The highest BCUT2D eigenvalue weighted by Gasteiger charge is 2.47. The molecule has 1 heterocycles. The predicted molar refractivity (Wildman–Crippen MR) is 64.4 cm³/mol. The molecule has 1 aliphatic heterocycles. The van der Waals surface area contributed by atoms with Gasteiger partial charge in [-0.3, -0.25) is 0 Å². The summed E-state index contributed by atoms with van der Waals surface area (Å²) in [5.41, 5.74) is 0.879. The van der Waals surface area contributed by atoms with E-state index in [4.69, 9.17) is 9.47 Å². The first kappa shape index (κ1) is 11.9. The number of esters is 1. The molecule has 3 nitrogen and oxygen atoms in total. The number of hydrogen-bond donors (Lipinski definition) is 0. The van der Waals surface area contributed by atoms with Crippen molar-refractivity contribution in [2.75, 3.05) is 6.61 Å². The molecule has 0 amide bonds. The Morgan fingerprint density at radius 1 is 1.59 bits per heavy atom. The van der Waals surface area contributed by atoms with Gasteiger partial charge >= 0.3 is 5.97 Å². The van der Waals surface area contributed by atoms with Gasteiger partial charge < -0.3 is 9.47 Å². The van der Waals surface area contributed by atoms with E-state index in [1.807, 2.05) is 37.3 Å². The van der Waals surface area contributed by atoms with Gasteiger partial charge in [-0.1, -0.05) is 36.9 Å². The molecule has 1 saturated heterocycles. The summed E-state index contributed by atoms with van der Waals surface area (Å²) >= 11 is 0. The minimum atomic E-state index is -0.388. The van der Waals surface area contributed by atoms with Crippen LogP contribution in [0.15, 0.2) is 43.0 Å². The summed E-state index contributed by atoms with van der Waals surface area (Å²) in [6.45, 7) is 5.93. The van der Waals surface area contributed by atoms with Gasteiger partial charge in [0.25, 0.3) is 0 Å². The Morgan fingerprint density at radius 2 is 2.24 bits per heavy atom. The van der Waals surface area contributed by atoms with Gasteiger partial charge in [0.05, 0.1) is 6.61 Å². The summed E-state index contributed by atoms with van der Waals surface area (Å²) in [6, 6.07) is 10.0. The molecule has 1 aromatic carbocycles. The third-order valence-electron chi connectivity index (χ3n) is 2.89. The van der Waals surface area contributed by atoms with Crippen molar-refractivity contribution in [3.8, 4) is 0 Å². The lowest BCUT2D eigenvalue weighted by molar-refractivity contribution is -0.143. The minimum absolute atomic E-state index is 0.178. The zero-order valence-electron chi connectivity index (χ0n) is 9.89. The van der Waals surface area contributed by atoms with Gasteiger partial charge in [-0.2, -0.15) is 0 Å². The fraction of sp³-hybridized carbons (Fsp3) is 0.357. The largest absolute Gasteiger partial charge is 0.459 e. The Kier molecular flexibility index (Phi) is 3.29. The van der Waals surface area contributed by atoms with E-state index in [2.05, 4.69) is 6.58 Å². The predicted octanol–water partition coefficient (Wildman–Crippen LogP) is 2.42. The number of carbonyl (C=O) groups excluding carboxylic acids is 1. The van der Waals surface area contributed by atoms with Gasteiger partial charge in [0.15, 0.2) is 0 Å². The summed E-state index contributed by atoms with van der Waals surface area (Å²) in [7, 11) is 0. The molecule has 0 aliphatic carbocycles. The van der Waals surface area contributed by atoms with Crippen molar-refractivity contribution in [2.24, 2.45) is 0 Å². The molecule has 0 spiro atoms. The maximum absolute atomic E-state index is 11.1. The average molecular weight is 232 g/mol. The topological polar surface area (TPSA) is 38.8 Å². The average Bonchev–Trinajstić information content (AvgIpc) is 3.11. The Balaban J connectivity index is 1.99. The quantitative estimate of drug-likeness (QED) is 0.444. The van der Waals surface area contributed by atoms with E-state index >= 15 is 0 Å². The highest BCUT2D eigenvalue weighted by atomic mass is 16.6. The zero-order valence-corrected chi connectivity index (χ0v) is 9.89. The maximum atomic E-state index is 11.1. The number of ether oxygens (including phenoxy) is 2. The van der Waals surface area contributed by atoms with E-state index in [1.165, 1.54) is 6.08 Å². The lowest BCUT2D eigenvalue weighted by Crippen LogP contribution is -2.21. The van der Waals surface area contributed by atoms with Crippen molar-refractivity contribution in [3.63, 3.8) is 0 Å². The van der Waals surface area contributed by atoms with Crippen molar-refractivity contribution in [2.45, 2.75) is 25.0 Å². The van der Waals surface area contributed by atoms with Crippen LogP contribution in [0.4, 0.5) is 0 Å². The van der Waals surface area contributed by atoms with Crippen LogP contribution in [0, 0.1) is 0 Å². The first-order chi connectivity index (χ1) is 8.16. The molecule has 2 atom stereocenters. The molecule has 0 bridgehead atoms. The molecule has 0 saturated carbocycles. The first-order valence-corrected chi connectivity index (χ1v) is 5.69. The summed E-state index contributed by atoms with van der Waals surface area (Å²) < 4.78 is 10.7. The van der Waals surface area contributed by atoms with Crippen molar-refractivity contribution < 1.29 is 14.3 Å². The molecular weight excluding hydrogens is 216 g/mol. The van der Waals surface area contributed by atoms with Gasteiger partial charge in [0.2, 0.25) is 0 Å². The van der Waals surface area contributed by atoms with E-state index in [-0.39, 0.29) is 17.7 Å². The molecule has 1 aliphatic rings. The monoisotopic (exact) mass is 232 g/mol. The van der Waals surface area contributed by atoms with Crippen molar-refractivity contribution in [1.29, 1.82) is 0 Å². The number of epoxide rings is 1. The SMILES string of the molecule is C=CC(=O)OC(C)CC1(c2ccccc2)CO1. The Hall–Kier alpha value is -1.61. The zero-order chi connectivity index (χ0) is 12.3. The van der Waals surface area contributed by atoms with Crippen molar-refractivity contribution >= 4 is 5.97 Å². The van der Waals surface area contributed by atoms with E-state index in [0.29, 0.717) is 13.0 Å². The molecule has 1 aromatic rings. The molecule has 1 fully saturated rings. The summed E-state index contributed by atoms with van der Waals surface area (Å²) in [6.07, 6.45) is 1.68. The molecule has 0 radical (unpaired) electrons. The standard InChI is InChI=1S/C14H16O3/c1-3-13(15)17-11(2)9-14(10-16-14)12-7-5-4-6-8-12/h3-8,11H,1,9-10H2,2H3. The first-order valence-electron chi connectivity index (χ1n) is 5.69. The minimum Gasteiger partial charge on any atom is -0.459 e. The van der Waals surface area contributed by atoms with Crippen LogP contribution in [0.2, 0.25) is 0 Å². The Labute approximate surface area is 101 Å². The summed E-state index contributed by atoms with van der Waals surface area (Å²) in [5.74, 6) is -0.388. The summed E-state index contributed by atoms with van der Waals surface area (Å²) in [4.78, 5) is 11.1. The van der Waals surface area contributed by atoms with Crippen LogP contribution in [0.3, 0.4) is 0 Å². The molecule has 3 heteroatoms. The van der Waals surface area contributed by atoms with Crippen LogP contribution in [0.25, 0.3) is 0 Å². The second kappa shape index (κ2) is 4.72. The van der Waals surface area contributed by atoms with Gasteiger partial charge in [0, 0.05) is 12.5 Å². The van der Waals surface area contributed by atoms with Gasteiger partial charge in [-0.05, 0) is 12.5 Å². The van der Waals surface area contributed by atoms with Crippen LogP contribution in [0.1, 0.15) is 18.9 Å². The van der Waals surface area contributed by atoms with E-state index in [1.54, 1.807) is 0 Å². The molecule has 17 heavy (non-hydrogen) atoms. The van der Waals surface area contributed by atoms with Crippen molar-refractivity contribution in [3.05, 3.63) is 48.6 Å². The molecule has 0 aromatic heterocycles. The smallest absolute Gasteiger partial charge is 0.330 e. The van der Waals surface area contributed by atoms with Crippen LogP contribution in [0.5, 0.6) is 0 Å². The molecular formula is C14H16O3. The maximum Gasteiger partial charge on any atom is 0.330 e. The number of rotatable bonds is 5. The van der Waals surface area contributed by atoms with Crippen molar-refractivity contribution in [1.82, 2.24) is 0 Å². The van der Waals surface area contributed by atoms with Gasteiger partial charge in [0.1, 0.15) is 11.7 Å². The van der Waals surface area contributed by atoms with Crippen LogP contribution >= 0.6 is 0 Å². The fourth-order valence-corrected chi connectivity index (χ4v) is 1.98. The van der Waals surface area contributed by atoms with Gasteiger partial charge in [-0.15, -0.1) is 0 Å². The second-order valence-electron chi connectivity index (χ2n) is 4.30. The van der Waals surface area contributed by atoms with E-state index in [0.717, 1.165) is 5.56 Å². The van der Waals surface area contributed by atoms with Crippen LogP contribution in [-0.4, -0.2) is 18.7 Å². The Bertz CT molecular complexity index is 407. The van der Waals surface area contributed by atoms with Crippen LogP contribution in [-0.2, 0) is 19.9 Å². The lowest BCUT2D eigenvalue weighted by Gasteiger charge is -2.17. The van der Waals surface area contributed by atoms with Gasteiger partial charge in [-0.25, -0.2) is 4.79 Å². The lowest BCUT2D eigenvalue weighted by atomic mass is 9.94. The molecule has 90 valence electrons.